The summed E-state index contributed by atoms with van der Waals surface area (Å²) in [6.07, 6.45) is 2.55. The average Bonchev–Trinajstić information content (AvgIpc) is 3.25. The van der Waals surface area contributed by atoms with Crippen molar-refractivity contribution in [2.75, 3.05) is 26.3 Å². The Bertz CT molecular complexity index is 585. The Morgan fingerprint density at radius 2 is 2.38 bits per heavy atom. The smallest absolute Gasteiger partial charge is 0.276 e. The minimum Gasteiger partial charge on any atom is -0.461 e. The van der Waals surface area contributed by atoms with Gasteiger partial charge in [0.2, 0.25) is 5.76 Å². The van der Waals surface area contributed by atoms with Gasteiger partial charge >= 0.3 is 0 Å². The fraction of sp³-hybridized carbons (Fsp3) is 0.467. The van der Waals surface area contributed by atoms with Gasteiger partial charge in [-0.3, -0.25) is 4.79 Å². The molecule has 0 aliphatic carbocycles. The predicted molar refractivity (Wildman–Crippen MR) is 74.7 cm³/mol. The second-order valence-corrected chi connectivity index (χ2v) is 5.13. The van der Waals surface area contributed by atoms with E-state index in [4.69, 9.17) is 13.7 Å². The summed E-state index contributed by atoms with van der Waals surface area (Å²) in [5.41, 5.74) is 0.308. The molecule has 6 nitrogen and oxygen atoms in total. The SMILES string of the molecule is CCN(C[C@H]1CCOC1)C(=O)c1cc(-c2ccco2)on1. The van der Waals surface area contributed by atoms with E-state index in [-0.39, 0.29) is 5.91 Å². The highest BCUT2D eigenvalue weighted by atomic mass is 16.5. The van der Waals surface area contributed by atoms with Gasteiger partial charge in [-0.15, -0.1) is 0 Å². The van der Waals surface area contributed by atoms with Gasteiger partial charge in [-0.25, -0.2) is 0 Å². The molecule has 21 heavy (non-hydrogen) atoms. The second-order valence-electron chi connectivity index (χ2n) is 5.13. The van der Waals surface area contributed by atoms with Crippen LogP contribution in [-0.2, 0) is 4.74 Å². The molecule has 1 aliphatic rings. The Hall–Kier alpha value is -2.08. The Morgan fingerprint density at radius 1 is 1.48 bits per heavy atom. The third kappa shape index (κ3) is 3.00. The predicted octanol–water partition coefficient (Wildman–Crippen LogP) is 2.43. The van der Waals surface area contributed by atoms with E-state index in [0.29, 0.717) is 36.2 Å². The van der Waals surface area contributed by atoms with E-state index in [1.165, 1.54) is 0 Å². The van der Waals surface area contributed by atoms with Gasteiger partial charge in [0.05, 0.1) is 12.9 Å². The van der Waals surface area contributed by atoms with Gasteiger partial charge in [0.25, 0.3) is 5.91 Å². The molecule has 0 saturated carbocycles. The lowest BCUT2D eigenvalue weighted by Crippen LogP contribution is -2.35. The highest BCUT2D eigenvalue weighted by Gasteiger charge is 2.24. The van der Waals surface area contributed by atoms with Gasteiger partial charge in [0.15, 0.2) is 11.5 Å². The summed E-state index contributed by atoms with van der Waals surface area (Å²) in [4.78, 5) is 14.3. The molecule has 1 fully saturated rings. The molecule has 2 aromatic heterocycles. The van der Waals surface area contributed by atoms with Crippen LogP contribution in [-0.4, -0.2) is 42.3 Å². The largest absolute Gasteiger partial charge is 0.461 e. The molecule has 0 aromatic carbocycles. The van der Waals surface area contributed by atoms with Crippen molar-refractivity contribution in [1.29, 1.82) is 0 Å². The topological polar surface area (TPSA) is 68.7 Å². The number of furan rings is 1. The van der Waals surface area contributed by atoms with Crippen molar-refractivity contribution in [2.45, 2.75) is 13.3 Å². The zero-order valence-corrected chi connectivity index (χ0v) is 11.9. The lowest BCUT2D eigenvalue weighted by atomic mass is 10.1. The summed E-state index contributed by atoms with van der Waals surface area (Å²) in [6.45, 7) is 4.79. The molecule has 112 valence electrons. The van der Waals surface area contributed by atoms with Crippen LogP contribution in [0.2, 0.25) is 0 Å². The van der Waals surface area contributed by atoms with Crippen molar-refractivity contribution in [3.05, 3.63) is 30.2 Å². The third-order valence-corrected chi connectivity index (χ3v) is 3.66. The molecule has 2 aromatic rings. The number of rotatable bonds is 5. The lowest BCUT2D eigenvalue weighted by molar-refractivity contribution is 0.0720. The Labute approximate surface area is 122 Å². The van der Waals surface area contributed by atoms with Gasteiger partial charge in [0.1, 0.15) is 0 Å². The quantitative estimate of drug-likeness (QED) is 0.846. The van der Waals surface area contributed by atoms with E-state index in [0.717, 1.165) is 19.6 Å². The maximum absolute atomic E-state index is 12.5. The summed E-state index contributed by atoms with van der Waals surface area (Å²) >= 11 is 0. The van der Waals surface area contributed by atoms with Gasteiger partial charge < -0.3 is 18.6 Å². The molecular formula is C15H18N2O4. The molecule has 1 atom stereocenters. The van der Waals surface area contributed by atoms with Crippen LogP contribution >= 0.6 is 0 Å². The summed E-state index contributed by atoms with van der Waals surface area (Å²) < 4.78 is 15.8. The Morgan fingerprint density at radius 3 is 3.05 bits per heavy atom. The monoisotopic (exact) mass is 290 g/mol. The molecule has 3 rings (SSSR count). The first kappa shape index (κ1) is 13.9. The fourth-order valence-corrected chi connectivity index (χ4v) is 2.47. The number of carbonyl (C=O) groups excluding carboxylic acids is 1. The molecule has 1 saturated heterocycles. The highest BCUT2D eigenvalue weighted by Crippen LogP contribution is 2.22. The first-order valence-corrected chi connectivity index (χ1v) is 7.15. The Kier molecular flexibility index (Phi) is 4.06. The zero-order valence-electron chi connectivity index (χ0n) is 11.9. The van der Waals surface area contributed by atoms with Gasteiger partial charge in [0, 0.05) is 31.7 Å². The van der Waals surface area contributed by atoms with Crippen LogP contribution in [0, 0.1) is 5.92 Å². The van der Waals surface area contributed by atoms with Crippen LogP contribution in [0.15, 0.2) is 33.4 Å². The number of ether oxygens (including phenoxy) is 1. The fourth-order valence-electron chi connectivity index (χ4n) is 2.47. The molecule has 6 heteroatoms. The molecule has 1 aliphatic heterocycles. The molecule has 0 N–H and O–H groups in total. The summed E-state index contributed by atoms with van der Waals surface area (Å²) in [7, 11) is 0. The van der Waals surface area contributed by atoms with Crippen LogP contribution in [0.1, 0.15) is 23.8 Å². The number of carbonyl (C=O) groups is 1. The number of hydrogen-bond donors (Lipinski definition) is 0. The molecular weight excluding hydrogens is 272 g/mol. The summed E-state index contributed by atoms with van der Waals surface area (Å²) in [5.74, 6) is 1.31. The maximum Gasteiger partial charge on any atom is 0.276 e. The van der Waals surface area contributed by atoms with Crippen LogP contribution in [0.25, 0.3) is 11.5 Å². The van der Waals surface area contributed by atoms with E-state index in [1.807, 2.05) is 6.92 Å². The summed E-state index contributed by atoms with van der Waals surface area (Å²) in [6, 6.07) is 5.15. The van der Waals surface area contributed by atoms with Crippen LogP contribution in [0.3, 0.4) is 0 Å². The van der Waals surface area contributed by atoms with Crippen molar-refractivity contribution in [3.8, 4) is 11.5 Å². The van der Waals surface area contributed by atoms with Crippen molar-refractivity contribution >= 4 is 5.91 Å². The van der Waals surface area contributed by atoms with E-state index < -0.39 is 0 Å². The maximum atomic E-state index is 12.5. The zero-order chi connectivity index (χ0) is 14.7. The molecule has 0 unspecified atom stereocenters. The van der Waals surface area contributed by atoms with Gasteiger partial charge in [-0.2, -0.15) is 0 Å². The minimum absolute atomic E-state index is 0.119. The standard InChI is InChI=1S/C15H18N2O4/c1-2-17(9-11-5-7-19-10-11)15(18)12-8-14(21-16-12)13-4-3-6-20-13/h3-4,6,8,11H,2,5,7,9-10H2,1H3/t11-/m1/s1. The molecule has 0 spiro atoms. The number of nitrogens with zero attached hydrogens (tertiary/aromatic N) is 2. The van der Waals surface area contributed by atoms with E-state index >= 15 is 0 Å². The first-order chi connectivity index (χ1) is 10.3. The normalized spacial score (nSPS) is 18.0. The average molecular weight is 290 g/mol. The number of hydrogen-bond acceptors (Lipinski definition) is 5. The van der Waals surface area contributed by atoms with E-state index in [1.54, 1.807) is 29.4 Å². The van der Waals surface area contributed by atoms with E-state index in [2.05, 4.69) is 5.16 Å². The van der Waals surface area contributed by atoms with Crippen molar-refractivity contribution in [3.63, 3.8) is 0 Å². The Balaban J connectivity index is 1.70. The van der Waals surface area contributed by atoms with Crippen LogP contribution in [0.5, 0.6) is 0 Å². The molecule has 1 amide bonds. The lowest BCUT2D eigenvalue weighted by Gasteiger charge is -2.22. The number of amides is 1. The van der Waals surface area contributed by atoms with Gasteiger partial charge in [-0.05, 0) is 25.5 Å². The minimum atomic E-state index is -0.119. The van der Waals surface area contributed by atoms with Gasteiger partial charge in [-0.1, -0.05) is 5.16 Å². The highest BCUT2D eigenvalue weighted by molar-refractivity contribution is 5.93. The second kappa shape index (κ2) is 6.13. The molecule has 0 bridgehead atoms. The van der Waals surface area contributed by atoms with E-state index in [9.17, 15) is 4.79 Å². The van der Waals surface area contributed by atoms with Crippen molar-refractivity contribution in [1.82, 2.24) is 10.1 Å². The molecule has 3 heterocycles. The van der Waals surface area contributed by atoms with Crippen LogP contribution < -0.4 is 0 Å². The van der Waals surface area contributed by atoms with Crippen molar-refractivity contribution < 1.29 is 18.5 Å². The summed E-state index contributed by atoms with van der Waals surface area (Å²) in [5, 5.41) is 3.86. The van der Waals surface area contributed by atoms with Crippen LogP contribution in [0.4, 0.5) is 0 Å². The van der Waals surface area contributed by atoms with Crippen molar-refractivity contribution in [2.24, 2.45) is 5.92 Å². The molecule has 0 radical (unpaired) electrons. The first-order valence-electron chi connectivity index (χ1n) is 7.15. The number of aromatic nitrogens is 1. The third-order valence-electron chi connectivity index (χ3n) is 3.66.